The van der Waals surface area contributed by atoms with Gasteiger partial charge in [0.1, 0.15) is 0 Å². The van der Waals surface area contributed by atoms with E-state index in [2.05, 4.69) is 36.5 Å². The van der Waals surface area contributed by atoms with Gasteiger partial charge in [0.05, 0.1) is 6.04 Å². The Kier molecular flexibility index (Phi) is 4.87. The molecule has 0 radical (unpaired) electrons. The number of rotatable bonds is 3. The Morgan fingerprint density at radius 3 is 2.57 bits per heavy atom. The Morgan fingerprint density at radius 1 is 1.17 bits per heavy atom. The van der Waals surface area contributed by atoms with Gasteiger partial charge in [-0.1, -0.05) is 53.6 Å². The lowest BCUT2D eigenvalue weighted by Gasteiger charge is -2.25. The van der Waals surface area contributed by atoms with Crippen molar-refractivity contribution in [2.45, 2.75) is 32.4 Å². The van der Waals surface area contributed by atoms with E-state index in [9.17, 15) is 4.79 Å². The second-order valence-electron chi connectivity index (χ2n) is 6.05. The van der Waals surface area contributed by atoms with E-state index in [0.717, 1.165) is 35.5 Å². The molecule has 2 aromatic carbocycles. The van der Waals surface area contributed by atoms with Crippen molar-refractivity contribution < 1.29 is 4.79 Å². The molecule has 1 aliphatic heterocycles. The van der Waals surface area contributed by atoms with Gasteiger partial charge in [0, 0.05) is 18.1 Å². The Balaban J connectivity index is 1.63. The van der Waals surface area contributed by atoms with Crippen molar-refractivity contribution in [2.75, 3.05) is 6.54 Å². The predicted molar refractivity (Wildman–Crippen MR) is 93.5 cm³/mol. The molecule has 3 nitrogen and oxygen atoms in total. The van der Waals surface area contributed by atoms with Crippen molar-refractivity contribution >= 4 is 17.6 Å². The van der Waals surface area contributed by atoms with Crippen molar-refractivity contribution in [1.29, 1.82) is 0 Å². The molecule has 2 aromatic rings. The van der Waals surface area contributed by atoms with Crippen molar-refractivity contribution in [2.24, 2.45) is 0 Å². The standard InChI is InChI=1S/C19H21ClN2O/c1-14-4-6-15(7-5-14)13-21-19(23)22-12-2-3-18(22)16-8-10-17(20)11-9-16/h4-11,18H,2-3,12-13H2,1H3,(H,21,23)/t18-/m0/s1. The number of amides is 2. The molecule has 0 spiro atoms. The molecule has 4 heteroatoms. The molecule has 23 heavy (non-hydrogen) atoms. The van der Waals surface area contributed by atoms with Gasteiger partial charge in [0.2, 0.25) is 0 Å². The van der Waals surface area contributed by atoms with Crippen LogP contribution in [0, 0.1) is 6.92 Å². The molecule has 1 saturated heterocycles. The Morgan fingerprint density at radius 2 is 1.87 bits per heavy atom. The molecule has 1 fully saturated rings. The number of hydrogen-bond acceptors (Lipinski definition) is 1. The second-order valence-corrected chi connectivity index (χ2v) is 6.48. The van der Waals surface area contributed by atoms with Gasteiger partial charge in [-0.15, -0.1) is 0 Å². The molecule has 0 unspecified atom stereocenters. The minimum Gasteiger partial charge on any atom is -0.334 e. The van der Waals surface area contributed by atoms with Crippen LogP contribution in [-0.2, 0) is 6.54 Å². The van der Waals surface area contributed by atoms with Crippen LogP contribution in [-0.4, -0.2) is 17.5 Å². The number of benzene rings is 2. The molecule has 2 amide bonds. The number of carbonyl (C=O) groups excluding carboxylic acids is 1. The molecule has 0 bridgehead atoms. The van der Waals surface area contributed by atoms with E-state index >= 15 is 0 Å². The monoisotopic (exact) mass is 328 g/mol. The molecule has 0 aliphatic carbocycles. The molecule has 1 aliphatic rings. The van der Waals surface area contributed by atoms with Crippen molar-refractivity contribution in [1.82, 2.24) is 10.2 Å². The van der Waals surface area contributed by atoms with Gasteiger partial charge in [-0.3, -0.25) is 0 Å². The molecule has 120 valence electrons. The summed E-state index contributed by atoms with van der Waals surface area (Å²) in [5.41, 5.74) is 3.49. The first kappa shape index (κ1) is 15.9. The summed E-state index contributed by atoms with van der Waals surface area (Å²) in [4.78, 5) is 14.5. The summed E-state index contributed by atoms with van der Waals surface area (Å²) in [7, 11) is 0. The number of aryl methyl sites for hydroxylation is 1. The topological polar surface area (TPSA) is 32.3 Å². The summed E-state index contributed by atoms with van der Waals surface area (Å²) in [6, 6.07) is 16.2. The van der Waals surface area contributed by atoms with Gasteiger partial charge in [-0.25, -0.2) is 4.79 Å². The molecule has 1 N–H and O–H groups in total. The zero-order valence-corrected chi connectivity index (χ0v) is 14.0. The van der Waals surface area contributed by atoms with Crippen LogP contribution in [0.5, 0.6) is 0 Å². The van der Waals surface area contributed by atoms with Crippen LogP contribution < -0.4 is 5.32 Å². The van der Waals surface area contributed by atoms with Crippen LogP contribution in [0.25, 0.3) is 0 Å². The first-order valence-corrected chi connectivity index (χ1v) is 8.37. The lowest BCUT2D eigenvalue weighted by molar-refractivity contribution is 0.192. The summed E-state index contributed by atoms with van der Waals surface area (Å²) < 4.78 is 0. The van der Waals surface area contributed by atoms with E-state index in [1.54, 1.807) is 0 Å². The fourth-order valence-corrected chi connectivity index (χ4v) is 3.15. The van der Waals surface area contributed by atoms with Crippen LogP contribution in [0.15, 0.2) is 48.5 Å². The van der Waals surface area contributed by atoms with Crippen LogP contribution in [0.2, 0.25) is 5.02 Å². The van der Waals surface area contributed by atoms with Crippen LogP contribution in [0.1, 0.15) is 35.6 Å². The summed E-state index contributed by atoms with van der Waals surface area (Å²) in [6.07, 6.45) is 2.03. The third-order valence-electron chi connectivity index (χ3n) is 4.33. The molecular weight excluding hydrogens is 308 g/mol. The maximum atomic E-state index is 12.5. The molecule has 0 saturated carbocycles. The maximum Gasteiger partial charge on any atom is 0.318 e. The third-order valence-corrected chi connectivity index (χ3v) is 4.58. The fourth-order valence-electron chi connectivity index (χ4n) is 3.03. The lowest BCUT2D eigenvalue weighted by atomic mass is 10.1. The number of nitrogens with zero attached hydrogens (tertiary/aromatic N) is 1. The van der Waals surface area contributed by atoms with Crippen molar-refractivity contribution in [3.05, 3.63) is 70.2 Å². The van der Waals surface area contributed by atoms with Gasteiger partial charge in [-0.05, 0) is 43.0 Å². The molecule has 3 rings (SSSR count). The van der Waals surface area contributed by atoms with Crippen LogP contribution in [0.4, 0.5) is 4.79 Å². The number of carbonyl (C=O) groups is 1. The average Bonchev–Trinajstić information content (AvgIpc) is 3.04. The normalized spacial score (nSPS) is 17.3. The Hall–Kier alpha value is -2.00. The fraction of sp³-hybridized carbons (Fsp3) is 0.316. The first-order chi connectivity index (χ1) is 11.1. The number of hydrogen-bond donors (Lipinski definition) is 1. The molecule has 1 heterocycles. The highest BCUT2D eigenvalue weighted by Gasteiger charge is 2.29. The minimum absolute atomic E-state index is 0.00280. The van der Waals surface area contributed by atoms with Crippen molar-refractivity contribution in [3.63, 3.8) is 0 Å². The zero-order chi connectivity index (χ0) is 16.2. The Labute approximate surface area is 142 Å². The van der Waals surface area contributed by atoms with Crippen molar-refractivity contribution in [3.8, 4) is 0 Å². The third kappa shape index (κ3) is 3.85. The number of likely N-dealkylation sites (tertiary alicyclic amines) is 1. The van der Waals surface area contributed by atoms with Gasteiger partial charge >= 0.3 is 6.03 Å². The highest BCUT2D eigenvalue weighted by molar-refractivity contribution is 6.30. The van der Waals surface area contributed by atoms with Crippen LogP contribution >= 0.6 is 11.6 Å². The maximum absolute atomic E-state index is 12.5. The summed E-state index contributed by atoms with van der Waals surface area (Å²) >= 11 is 5.95. The van der Waals surface area contributed by atoms with E-state index in [0.29, 0.717) is 6.54 Å². The van der Waals surface area contributed by atoms with Gasteiger partial charge in [0.15, 0.2) is 0 Å². The van der Waals surface area contributed by atoms with E-state index < -0.39 is 0 Å². The van der Waals surface area contributed by atoms with E-state index in [-0.39, 0.29) is 12.1 Å². The molecule has 0 aromatic heterocycles. The zero-order valence-electron chi connectivity index (χ0n) is 13.3. The first-order valence-electron chi connectivity index (χ1n) is 7.99. The number of urea groups is 1. The minimum atomic E-state index is 0.00280. The smallest absolute Gasteiger partial charge is 0.318 e. The lowest BCUT2D eigenvalue weighted by Crippen LogP contribution is -2.39. The van der Waals surface area contributed by atoms with Gasteiger partial charge < -0.3 is 10.2 Å². The quantitative estimate of drug-likeness (QED) is 0.870. The second kappa shape index (κ2) is 7.05. The highest BCUT2D eigenvalue weighted by Crippen LogP contribution is 2.32. The summed E-state index contributed by atoms with van der Waals surface area (Å²) in [5, 5.41) is 3.76. The Bertz CT molecular complexity index is 667. The summed E-state index contributed by atoms with van der Waals surface area (Å²) in [5.74, 6) is 0. The van der Waals surface area contributed by atoms with Gasteiger partial charge in [0.25, 0.3) is 0 Å². The van der Waals surface area contributed by atoms with Crippen LogP contribution in [0.3, 0.4) is 0 Å². The highest BCUT2D eigenvalue weighted by atomic mass is 35.5. The predicted octanol–water partition coefficient (Wildman–Crippen LogP) is 4.70. The molecular formula is C19H21ClN2O. The summed E-state index contributed by atoms with van der Waals surface area (Å²) in [6.45, 7) is 3.42. The van der Waals surface area contributed by atoms with E-state index in [1.807, 2.05) is 29.2 Å². The average molecular weight is 329 g/mol. The largest absolute Gasteiger partial charge is 0.334 e. The number of nitrogens with one attached hydrogen (secondary N) is 1. The van der Waals surface area contributed by atoms with E-state index in [4.69, 9.17) is 11.6 Å². The van der Waals surface area contributed by atoms with Gasteiger partial charge in [-0.2, -0.15) is 0 Å². The van der Waals surface area contributed by atoms with E-state index in [1.165, 1.54) is 5.56 Å². The number of halogens is 1. The SMILES string of the molecule is Cc1ccc(CNC(=O)N2CCC[C@H]2c2ccc(Cl)cc2)cc1. The molecule has 1 atom stereocenters.